The maximum absolute atomic E-state index is 14.5. The number of esters is 1. The normalized spacial score (nSPS) is 35.4. The van der Waals surface area contributed by atoms with E-state index in [2.05, 4.69) is 10.5 Å². The molecular weight excluding hydrogens is 1020 g/mol. The number of aliphatic hydroxyl groups excluding tert-OH is 3. The van der Waals surface area contributed by atoms with Gasteiger partial charge in [0.2, 0.25) is 0 Å². The molecule has 20 heteroatoms. The lowest BCUT2D eigenvalue weighted by atomic mass is 9.73. The second-order valence-corrected chi connectivity index (χ2v) is 22.7. The lowest BCUT2D eigenvalue weighted by molar-refractivity contribution is -0.314. The van der Waals surface area contributed by atoms with Gasteiger partial charge < -0.3 is 78.5 Å². The van der Waals surface area contributed by atoms with Crippen LogP contribution in [0.4, 0.5) is 9.59 Å². The number of unbranched alkanes of at least 4 members (excludes halogenated alkanes) is 3. The van der Waals surface area contributed by atoms with Crippen LogP contribution in [0, 0.1) is 23.7 Å². The molecule has 2 aromatic carbocycles. The second-order valence-electron chi connectivity index (χ2n) is 22.7. The number of ether oxygens (including phenoxy) is 8. The molecular formula is C59H93N3O17. The highest BCUT2D eigenvalue weighted by molar-refractivity contribution is 5.88. The monoisotopic (exact) mass is 1120 g/mol. The molecule has 0 radical (unpaired) electrons. The first-order chi connectivity index (χ1) is 37.4. The maximum Gasteiger partial charge on any atom is 0.410 e. The number of alkyl carbamates (subject to hydrolysis) is 1. The summed E-state index contributed by atoms with van der Waals surface area (Å²) >= 11 is 0. The number of hydrogen-bond acceptors (Lipinski definition) is 18. The molecule has 6 N–H and O–H groups in total. The Bertz CT molecular complexity index is 2190. The Morgan fingerprint density at radius 1 is 0.785 bits per heavy atom. The zero-order valence-corrected chi connectivity index (χ0v) is 48.5. The molecule has 3 aliphatic rings. The quantitative estimate of drug-likeness (QED) is 0.0313. The molecule has 2 amide bonds. The number of hydrogen-bond donors (Lipinski definition) is 6. The van der Waals surface area contributed by atoms with Gasteiger partial charge in [0.15, 0.2) is 12.6 Å². The Balaban J connectivity index is 1.39. The van der Waals surface area contributed by atoms with Gasteiger partial charge in [-0.3, -0.25) is 4.79 Å². The Kier molecular flexibility index (Phi) is 25.3. The summed E-state index contributed by atoms with van der Waals surface area (Å²) in [6, 6.07) is 18.7. The van der Waals surface area contributed by atoms with Crippen LogP contribution in [0.5, 0.6) is 0 Å². The number of aliphatic hydroxyl groups is 5. The first kappa shape index (κ1) is 65.3. The lowest BCUT2D eigenvalue weighted by Crippen LogP contribution is -2.60. The van der Waals surface area contributed by atoms with Gasteiger partial charge in [0.1, 0.15) is 43.7 Å². The molecule has 0 saturated carbocycles. The van der Waals surface area contributed by atoms with Crippen molar-refractivity contribution in [3.05, 3.63) is 71.8 Å². The predicted octanol–water partition coefficient (Wildman–Crippen LogP) is 7.17. The summed E-state index contributed by atoms with van der Waals surface area (Å²) in [6.45, 7) is 17.8. The fourth-order valence-electron chi connectivity index (χ4n) is 11.1. The third-order valence-electron chi connectivity index (χ3n) is 16.1. The van der Waals surface area contributed by atoms with Gasteiger partial charge in [-0.05, 0) is 91.2 Å². The number of nitrogens with one attached hydrogen (secondary N) is 1. The molecule has 3 aliphatic heterocycles. The number of rotatable bonds is 21. The standard InChI is InChI=1S/C59H93N3O17/c1-12-46-59(10,70)50(64)39(4)48(61-74-32-31-62(56(68)73-36-44-25-19-16-20-26-44)30-22-14-13-21-29-60-55(67)72-35-43-23-17-15-18-24-43)37(2)33-57(8,69)52(79-54-45(63)28-27-38(3)75-54)40(5)49(41(6)53(66)77-46)78-47-34-58(9,71-11)51(65)42(7)76-47/h15-20,23-26,37-42,45-47,49-52,54,63-65,69-70H,12-14,21-22,27-36H2,1-11H3,(H,60,67)/b61-48+/t37-,38-,39+,40+,41-,42+,45-,46-,47+,49+,50-,51+,52-,54+,57-,58-,59-/m1/s1. The number of carbonyl (C=O) groups excluding carboxylic acids is 3. The van der Waals surface area contributed by atoms with Gasteiger partial charge in [0.25, 0.3) is 0 Å². The second kappa shape index (κ2) is 30.5. The Morgan fingerprint density at radius 2 is 1.42 bits per heavy atom. The Hall–Kier alpha value is -4.48. The summed E-state index contributed by atoms with van der Waals surface area (Å²) in [6.07, 6.45) is -7.60. The van der Waals surface area contributed by atoms with Crippen LogP contribution >= 0.6 is 0 Å². The molecule has 446 valence electrons. The van der Waals surface area contributed by atoms with Crippen molar-refractivity contribution in [3.63, 3.8) is 0 Å². The number of carbonyl (C=O) groups is 3. The SMILES string of the molecule is CC[C@H]1OC(=O)[C@H](C)[C@@H](O[C@H]2C[C@@](C)(OC)[C@@H](O)[C@H](C)O2)[C@H](C)[C@@H](O[C@@H]2O[C@H](C)CC[C@H]2O)[C@](C)(O)C[C@@H](C)/C(=N\OCCN(CCCCCCNC(=O)OCc2ccccc2)C(=O)OCc2ccccc2)[C@H](C)[C@@H](O)[C@]1(C)O. The first-order valence-corrected chi connectivity index (χ1v) is 28.4. The maximum atomic E-state index is 14.5. The summed E-state index contributed by atoms with van der Waals surface area (Å²) in [7, 11) is 1.48. The molecule has 0 unspecified atom stereocenters. The van der Waals surface area contributed by atoms with Crippen LogP contribution in [0.1, 0.15) is 138 Å². The molecule has 0 bridgehead atoms. The van der Waals surface area contributed by atoms with E-state index in [1.165, 1.54) is 18.9 Å². The van der Waals surface area contributed by atoms with Gasteiger partial charge in [-0.1, -0.05) is 106 Å². The van der Waals surface area contributed by atoms with Crippen molar-refractivity contribution in [1.82, 2.24) is 10.2 Å². The van der Waals surface area contributed by atoms with E-state index in [4.69, 9.17) is 42.7 Å². The predicted molar refractivity (Wildman–Crippen MR) is 293 cm³/mol. The van der Waals surface area contributed by atoms with Crippen LogP contribution in [0.25, 0.3) is 0 Å². The van der Waals surface area contributed by atoms with E-state index in [-0.39, 0.29) is 57.4 Å². The van der Waals surface area contributed by atoms with Gasteiger partial charge in [-0.2, -0.15) is 0 Å². The average molecular weight is 1120 g/mol. The smallest absolute Gasteiger partial charge is 0.410 e. The fourth-order valence-corrected chi connectivity index (χ4v) is 11.1. The molecule has 5 rings (SSSR count). The topological polar surface area (TPSA) is 263 Å². The largest absolute Gasteiger partial charge is 0.459 e. The first-order valence-electron chi connectivity index (χ1n) is 28.4. The van der Waals surface area contributed by atoms with Crippen molar-refractivity contribution in [2.24, 2.45) is 28.8 Å². The molecule has 0 aromatic heterocycles. The fraction of sp³-hybridized carbons (Fsp3) is 0.729. The summed E-state index contributed by atoms with van der Waals surface area (Å²) in [5.41, 5.74) is -3.00. The lowest BCUT2D eigenvalue weighted by Gasteiger charge is -2.48. The molecule has 3 fully saturated rings. The molecule has 2 aromatic rings. The highest BCUT2D eigenvalue weighted by Crippen LogP contribution is 2.41. The van der Waals surface area contributed by atoms with E-state index in [0.717, 1.165) is 24.0 Å². The minimum atomic E-state index is -2.05. The van der Waals surface area contributed by atoms with Crippen LogP contribution < -0.4 is 5.32 Å². The van der Waals surface area contributed by atoms with Crippen molar-refractivity contribution in [3.8, 4) is 0 Å². The van der Waals surface area contributed by atoms with Crippen LogP contribution in [0.2, 0.25) is 0 Å². The third-order valence-corrected chi connectivity index (χ3v) is 16.1. The zero-order valence-electron chi connectivity index (χ0n) is 48.5. The molecule has 20 nitrogen and oxygen atoms in total. The van der Waals surface area contributed by atoms with Crippen molar-refractivity contribution in [2.45, 2.75) is 218 Å². The van der Waals surface area contributed by atoms with E-state index < -0.39 is 114 Å². The molecule has 17 atom stereocenters. The number of methoxy groups -OCH3 is 1. The van der Waals surface area contributed by atoms with E-state index >= 15 is 0 Å². The Morgan fingerprint density at radius 3 is 2.05 bits per heavy atom. The summed E-state index contributed by atoms with van der Waals surface area (Å²) in [5.74, 6) is -4.41. The minimum Gasteiger partial charge on any atom is -0.459 e. The molecule has 0 spiro atoms. The van der Waals surface area contributed by atoms with Crippen molar-refractivity contribution >= 4 is 23.9 Å². The van der Waals surface area contributed by atoms with Crippen LogP contribution in [-0.4, -0.2) is 166 Å². The zero-order chi connectivity index (χ0) is 58.1. The van der Waals surface area contributed by atoms with E-state index in [9.17, 15) is 39.9 Å². The van der Waals surface area contributed by atoms with Gasteiger partial charge in [-0.25, -0.2) is 9.59 Å². The van der Waals surface area contributed by atoms with E-state index in [0.29, 0.717) is 38.8 Å². The number of cyclic esters (lactones) is 1. The van der Waals surface area contributed by atoms with Gasteiger partial charge >= 0.3 is 18.2 Å². The summed E-state index contributed by atoms with van der Waals surface area (Å²) in [4.78, 5) is 48.0. The molecule has 3 heterocycles. The average Bonchev–Trinajstić information content (AvgIpc) is 3.46. The van der Waals surface area contributed by atoms with Crippen molar-refractivity contribution < 1.29 is 82.6 Å². The number of nitrogens with zero attached hydrogens (tertiary/aromatic N) is 2. The van der Waals surface area contributed by atoms with Crippen molar-refractivity contribution in [2.75, 3.05) is 33.4 Å². The molecule has 0 aliphatic carbocycles. The Labute approximate surface area is 467 Å². The van der Waals surface area contributed by atoms with E-state index in [1.807, 2.05) is 67.6 Å². The van der Waals surface area contributed by atoms with Gasteiger partial charge in [-0.15, -0.1) is 0 Å². The van der Waals surface area contributed by atoms with Crippen LogP contribution in [0.15, 0.2) is 65.8 Å². The minimum absolute atomic E-state index is 0.0527. The number of oxime groups is 1. The summed E-state index contributed by atoms with van der Waals surface area (Å²) in [5, 5.41) is 67.1. The van der Waals surface area contributed by atoms with Gasteiger partial charge in [0, 0.05) is 44.4 Å². The van der Waals surface area contributed by atoms with Crippen molar-refractivity contribution in [1.29, 1.82) is 0 Å². The highest BCUT2D eigenvalue weighted by atomic mass is 16.7. The number of amides is 2. The van der Waals surface area contributed by atoms with E-state index in [1.54, 1.807) is 55.4 Å². The molecule has 79 heavy (non-hydrogen) atoms. The molecule has 3 saturated heterocycles. The third kappa shape index (κ3) is 18.5. The number of benzene rings is 2. The van der Waals surface area contributed by atoms with Crippen LogP contribution in [-0.2, 0) is 60.7 Å². The summed E-state index contributed by atoms with van der Waals surface area (Å²) < 4.78 is 48.8. The van der Waals surface area contributed by atoms with Crippen LogP contribution in [0.3, 0.4) is 0 Å². The highest BCUT2D eigenvalue weighted by Gasteiger charge is 2.53. The van der Waals surface area contributed by atoms with Gasteiger partial charge in [0.05, 0.1) is 59.9 Å².